The topological polar surface area (TPSA) is 64.3 Å². The third-order valence-electron chi connectivity index (χ3n) is 1.56. The minimum Gasteiger partial charge on any atom is -0.543 e. The Balaban J connectivity index is 2.91. The summed E-state index contributed by atoms with van der Waals surface area (Å²) in [7, 11) is -1.67. The zero-order valence-corrected chi connectivity index (χ0v) is 10.2. The van der Waals surface area contributed by atoms with Crippen LogP contribution in [-0.2, 0) is 0 Å². The summed E-state index contributed by atoms with van der Waals surface area (Å²) in [5, 5.41) is 2.53. The third-order valence-corrected chi connectivity index (χ3v) is 2.39. The number of rotatable bonds is 3. The molecule has 1 aromatic rings. The van der Waals surface area contributed by atoms with Crippen LogP contribution < -0.4 is 15.5 Å². The van der Waals surface area contributed by atoms with Gasteiger partial charge in [0.05, 0.1) is 5.69 Å². The van der Waals surface area contributed by atoms with E-state index >= 15 is 0 Å². The number of hydrogen-bond acceptors (Lipinski definition) is 2. The van der Waals surface area contributed by atoms with Gasteiger partial charge in [-0.25, -0.2) is 4.79 Å². The Kier molecular flexibility index (Phi) is 3.36. The number of nitrogens with two attached hydrogens (primary N) is 1. The van der Waals surface area contributed by atoms with E-state index in [2.05, 4.69) is 25.0 Å². The average molecular weight is 224 g/mol. The van der Waals surface area contributed by atoms with Crippen molar-refractivity contribution < 1.29 is 9.22 Å². The molecule has 4 nitrogen and oxygen atoms in total. The standard InChI is InChI=1S/C10H16N2O2Si/c1-15(2,3)14-9-7-5-4-6-8(9)12-10(11)13/h4-7H,1-3H3,(H3,11,12,13). The molecule has 0 bridgehead atoms. The van der Waals surface area contributed by atoms with Crippen LogP contribution in [0.1, 0.15) is 0 Å². The number of urea groups is 1. The molecule has 2 amide bonds. The van der Waals surface area contributed by atoms with Gasteiger partial charge >= 0.3 is 6.03 Å². The van der Waals surface area contributed by atoms with Crippen LogP contribution in [0.15, 0.2) is 24.3 Å². The second-order valence-corrected chi connectivity index (χ2v) is 8.63. The Labute approximate surface area is 90.6 Å². The van der Waals surface area contributed by atoms with Crippen LogP contribution in [0.3, 0.4) is 0 Å². The molecule has 1 aromatic carbocycles. The molecule has 15 heavy (non-hydrogen) atoms. The summed E-state index contributed by atoms with van der Waals surface area (Å²) in [6.07, 6.45) is 0. The molecular weight excluding hydrogens is 208 g/mol. The Morgan fingerprint density at radius 2 is 1.93 bits per heavy atom. The predicted octanol–water partition coefficient (Wildman–Crippen LogP) is 2.39. The van der Waals surface area contributed by atoms with Crippen molar-refractivity contribution in [3.05, 3.63) is 24.3 Å². The minimum atomic E-state index is -1.67. The largest absolute Gasteiger partial charge is 0.543 e. The van der Waals surface area contributed by atoms with Crippen LogP contribution >= 0.6 is 0 Å². The molecule has 5 heteroatoms. The van der Waals surface area contributed by atoms with E-state index in [0.717, 1.165) is 0 Å². The van der Waals surface area contributed by atoms with E-state index in [-0.39, 0.29) is 0 Å². The van der Waals surface area contributed by atoms with Crippen LogP contribution in [-0.4, -0.2) is 14.3 Å². The molecule has 3 N–H and O–H groups in total. The molecule has 0 saturated carbocycles. The number of para-hydroxylation sites is 2. The molecule has 0 radical (unpaired) electrons. The molecule has 1 rings (SSSR count). The zero-order valence-electron chi connectivity index (χ0n) is 9.20. The maximum Gasteiger partial charge on any atom is 0.316 e. The highest BCUT2D eigenvalue weighted by molar-refractivity contribution is 6.70. The highest BCUT2D eigenvalue weighted by atomic mass is 28.4. The van der Waals surface area contributed by atoms with Crippen molar-refractivity contribution in [3.8, 4) is 5.75 Å². The Morgan fingerprint density at radius 3 is 2.47 bits per heavy atom. The minimum absolute atomic E-state index is 0.582. The quantitative estimate of drug-likeness (QED) is 0.774. The fourth-order valence-electron chi connectivity index (χ4n) is 1.12. The Bertz CT molecular complexity index is 361. The summed E-state index contributed by atoms with van der Waals surface area (Å²) in [5.41, 5.74) is 5.68. The number of benzene rings is 1. The molecule has 0 atom stereocenters. The van der Waals surface area contributed by atoms with Crippen molar-refractivity contribution in [2.75, 3.05) is 5.32 Å². The van der Waals surface area contributed by atoms with Crippen LogP contribution in [0.25, 0.3) is 0 Å². The van der Waals surface area contributed by atoms with Gasteiger partial charge in [-0.2, -0.15) is 0 Å². The molecule has 0 aromatic heterocycles. The molecule has 0 fully saturated rings. The van der Waals surface area contributed by atoms with Crippen molar-refractivity contribution in [2.45, 2.75) is 19.6 Å². The monoisotopic (exact) mass is 224 g/mol. The van der Waals surface area contributed by atoms with Crippen molar-refractivity contribution in [3.63, 3.8) is 0 Å². The van der Waals surface area contributed by atoms with Gasteiger partial charge in [0.1, 0.15) is 5.75 Å². The van der Waals surface area contributed by atoms with Gasteiger partial charge in [-0.3, -0.25) is 0 Å². The highest BCUT2D eigenvalue weighted by Crippen LogP contribution is 2.26. The number of hydrogen-bond donors (Lipinski definition) is 2. The first kappa shape index (κ1) is 11.6. The highest BCUT2D eigenvalue weighted by Gasteiger charge is 2.18. The summed E-state index contributed by atoms with van der Waals surface area (Å²) >= 11 is 0. The summed E-state index contributed by atoms with van der Waals surface area (Å²) in [6, 6.07) is 6.69. The summed E-state index contributed by atoms with van der Waals surface area (Å²) in [4.78, 5) is 10.8. The van der Waals surface area contributed by atoms with E-state index in [4.69, 9.17) is 10.2 Å². The lowest BCUT2D eigenvalue weighted by Crippen LogP contribution is -2.30. The van der Waals surface area contributed by atoms with Gasteiger partial charge in [0, 0.05) is 0 Å². The zero-order chi connectivity index (χ0) is 11.5. The van der Waals surface area contributed by atoms with E-state index in [0.29, 0.717) is 11.4 Å². The molecular formula is C10H16N2O2Si. The first-order valence-corrected chi connectivity index (χ1v) is 8.14. The molecule has 0 unspecified atom stereocenters. The molecule has 0 aliphatic heterocycles. The molecule has 0 spiro atoms. The van der Waals surface area contributed by atoms with Crippen molar-refractivity contribution in [2.24, 2.45) is 5.73 Å². The fraction of sp³-hybridized carbons (Fsp3) is 0.300. The van der Waals surface area contributed by atoms with E-state index in [1.54, 1.807) is 6.07 Å². The Morgan fingerprint density at radius 1 is 1.33 bits per heavy atom. The van der Waals surface area contributed by atoms with E-state index in [1.165, 1.54) is 0 Å². The van der Waals surface area contributed by atoms with Gasteiger partial charge in [-0.05, 0) is 31.8 Å². The van der Waals surface area contributed by atoms with Gasteiger partial charge in [-0.15, -0.1) is 0 Å². The van der Waals surface area contributed by atoms with Crippen molar-refractivity contribution in [1.82, 2.24) is 0 Å². The van der Waals surface area contributed by atoms with Gasteiger partial charge in [-0.1, -0.05) is 12.1 Å². The van der Waals surface area contributed by atoms with Crippen LogP contribution in [0.5, 0.6) is 5.75 Å². The number of primary amides is 1. The van der Waals surface area contributed by atoms with Gasteiger partial charge in [0.15, 0.2) is 0 Å². The summed E-state index contributed by atoms with van der Waals surface area (Å²) in [5.74, 6) is 0.676. The van der Waals surface area contributed by atoms with Gasteiger partial charge in [0.25, 0.3) is 0 Å². The lowest BCUT2D eigenvalue weighted by atomic mass is 10.3. The fourth-order valence-corrected chi connectivity index (χ4v) is 1.96. The summed E-state index contributed by atoms with van der Waals surface area (Å²) < 4.78 is 5.80. The Hall–Kier alpha value is -1.49. The maximum absolute atomic E-state index is 10.8. The molecule has 0 saturated heterocycles. The molecule has 0 aliphatic carbocycles. The van der Waals surface area contributed by atoms with Crippen LogP contribution in [0, 0.1) is 0 Å². The first-order chi connectivity index (χ1) is 6.88. The second kappa shape index (κ2) is 4.35. The summed E-state index contributed by atoms with van der Waals surface area (Å²) in [6.45, 7) is 6.23. The SMILES string of the molecule is C[Si](C)(C)Oc1ccccc1NC(N)=O. The number of nitrogens with one attached hydrogen (secondary N) is 1. The van der Waals surface area contributed by atoms with Crippen LogP contribution in [0.2, 0.25) is 19.6 Å². The number of amides is 2. The third kappa shape index (κ3) is 4.03. The number of carbonyl (C=O) groups excluding carboxylic acids is 1. The lowest BCUT2D eigenvalue weighted by Gasteiger charge is -2.21. The molecule has 0 heterocycles. The normalized spacial score (nSPS) is 10.9. The van der Waals surface area contributed by atoms with Gasteiger partial charge < -0.3 is 15.5 Å². The lowest BCUT2D eigenvalue weighted by molar-refractivity contribution is 0.259. The van der Waals surface area contributed by atoms with E-state index in [9.17, 15) is 4.79 Å². The first-order valence-electron chi connectivity index (χ1n) is 4.73. The van der Waals surface area contributed by atoms with Gasteiger partial charge in [0.2, 0.25) is 8.32 Å². The molecule has 82 valence electrons. The van der Waals surface area contributed by atoms with Crippen LogP contribution in [0.4, 0.5) is 10.5 Å². The molecule has 0 aliphatic rings. The van der Waals surface area contributed by atoms with E-state index in [1.807, 2.05) is 18.2 Å². The average Bonchev–Trinajstić information content (AvgIpc) is 2.05. The number of carbonyl (C=O) groups is 1. The predicted molar refractivity (Wildman–Crippen MR) is 63.6 cm³/mol. The van der Waals surface area contributed by atoms with E-state index < -0.39 is 14.3 Å². The second-order valence-electron chi connectivity index (χ2n) is 4.20. The van der Waals surface area contributed by atoms with Crippen molar-refractivity contribution >= 4 is 20.0 Å². The maximum atomic E-state index is 10.8. The smallest absolute Gasteiger partial charge is 0.316 e. The van der Waals surface area contributed by atoms with Crippen molar-refractivity contribution in [1.29, 1.82) is 0 Å². The number of anilines is 1.